The molecule has 1 atom stereocenters. The van der Waals surface area contributed by atoms with Crippen LogP contribution in [0.15, 0.2) is 71.8 Å². The number of carbonyl (C=O) groups is 2. The Morgan fingerprint density at radius 1 is 1.03 bits per heavy atom. The number of aromatic nitrogens is 1. The number of nitrogens with one attached hydrogen (secondary N) is 1. The van der Waals surface area contributed by atoms with Crippen molar-refractivity contribution in [2.45, 2.75) is 20.1 Å². The van der Waals surface area contributed by atoms with Gasteiger partial charge in [0.2, 0.25) is 12.1 Å². The van der Waals surface area contributed by atoms with Crippen LogP contribution in [0.5, 0.6) is 0 Å². The van der Waals surface area contributed by atoms with Gasteiger partial charge in [0.05, 0.1) is 0 Å². The second kappa shape index (κ2) is 8.57. The number of nitrogens with zero attached hydrogens (tertiary/aromatic N) is 3. The van der Waals surface area contributed by atoms with E-state index in [2.05, 4.69) is 15.4 Å². The third-order valence-electron chi connectivity index (χ3n) is 4.63. The molecule has 1 aromatic heterocycles. The molecule has 1 N–H and O–H groups in total. The molecule has 2 heterocycles. The first kappa shape index (κ1) is 20.6. The van der Waals surface area contributed by atoms with Gasteiger partial charge in [0.1, 0.15) is 5.69 Å². The van der Waals surface area contributed by atoms with Crippen LogP contribution in [0.3, 0.4) is 0 Å². The summed E-state index contributed by atoms with van der Waals surface area (Å²) in [6.45, 7) is 3.30. The Labute approximate surface area is 184 Å². The van der Waals surface area contributed by atoms with Crippen molar-refractivity contribution in [3.63, 3.8) is 0 Å². The normalized spacial score (nSPS) is 15.3. The van der Waals surface area contributed by atoms with Crippen LogP contribution in [0.2, 0.25) is 5.02 Å². The summed E-state index contributed by atoms with van der Waals surface area (Å²) >= 11 is 5.86. The lowest BCUT2D eigenvalue weighted by Gasteiger charge is -2.19. The maximum absolute atomic E-state index is 12.4. The van der Waals surface area contributed by atoms with E-state index in [9.17, 15) is 9.59 Å². The predicted octanol–water partition coefficient (Wildman–Crippen LogP) is 4.53. The molecule has 0 unspecified atom stereocenters. The quantitative estimate of drug-likeness (QED) is 0.653. The second-order valence-electron chi connectivity index (χ2n) is 6.99. The number of rotatable bonds is 4. The van der Waals surface area contributed by atoms with Gasteiger partial charge in [0.25, 0.3) is 11.8 Å². The molecule has 0 aliphatic carbocycles. The van der Waals surface area contributed by atoms with Crippen LogP contribution < -0.4 is 5.32 Å². The Morgan fingerprint density at radius 3 is 2.39 bits per heavy atom. The van der Waals surface area contributed by atoms with Gasteiger partial charge in [-0.2, -0.15) is 5.01 Å². The van der Waals surface area contributed by atoms with Gasteiger partial charge in [0.15, 0.2) is 0 Å². The molecular weight excluding hydrogens is 416 g/mol. The Bertz CT molecular complexity index is 1160. The molecule has 0 fully saturated rings. The lowest BCUT2D eigenvalue weighted by atomic mass is 10.1. The van der Waals surface area contributed by atoms with Crippen molar-refractivity contribution >= 4 is 35.0 Å². The van der Waals surface area contributed by atoms with Crippen LogP contribution in [-0.4, -0.2) is 27.7 Å². The average Bonchev–Trinajstić information content (AvgIpc) is 3.21. The molecule has 0 saturated heterocycles. The summed E-state index contributed by atoms with van der Waals surface area (Å²) in [6.07, 6.45) is -0.712. The zero-order valence-corrected chi connectivity index (χ0v) is 17.6. The van der Waals surface area contributed by atoms with E-state index in [4.69, 9.17) is 16.3 Å². The van der Waals surface area contributed by atoms with Gasteiger partial charge < -0.3 is 10.1 Å². The largest absolute Gasteiger partial charge is 0.445 e. The highest BCUT2D eigenvalue weighted by molar-refractivity contribution is 6.30. The van der Waals surface area contributed by atoms with Crippen LogP contribution >= 0.6 is 11.6 Å². The van der Waals surface area contributed by atoms with E-state index in [1.807, 2.05) is 19.1 Å². The first-order chi connectivity index (χ1) is 14.9. The highest BCUT2D eigenvalue weighted by atomic mass is 35.5. The van der Waals surface area contributed by atoms with E-state index in [1.165, 1.54) is 11.9 Å². The topological polar surface area (TPSA) is 83.9 Å². The average molecular weight is 435 g/mol. The van der Waals surface area contributed by atoms with Crippen molar-refractivity contribution in [1.82, 2.24) is 9.99 Å². The second-order valence-corrected chi connectivity index (χ2v) is 7.42. The van der Waals surface area contributed by atoms with Gasteiger partial charge >= 0.3 is 0 Å². The molecule has 0 spiro atoms. The van der Waals surface area contributed by atoms with Crippen LogP contribution in [0.25, 0.3) is 0 Å². The first-order valence-electron chi connectivity index (χ1n) is 9.57. The monoisotopic (exact) mass is 434 g/mol. The number of hydrogen-bond acceptors (Lipinski definition) is 5. The highest BCUT2D eigenvalue weighted by Gasteiger charge is 2.33. The van der Waals surface area contributed by atoms with Crippen LogP contribution in [0.4, 0.5) is 5.69 Å². The van der Waals surface area contributed by atoms with Crippen molar-refractivity contribution < 1.29 is 14.3 Å². The predicted molar refractivity (Wildman–Crippen MR) is 118 cm³/mol. The van der Waals surface area contributed by atoms with E-state index in [0.29, 0.717) is 27.5 Å². The standard InChI is InChI=1S/C23H19ClN4O3/c1-14-4-3-5-20(25-14)22-27-28(15(2)29)23(31-22)17-8-12-19(13-9-17)26-21(30)16-6-10-18(24)11-7-16/h3-13,23H,1-2H3,(H,26,30)/t23-/m1/s1. The number of anilines is 1. The molecule has 1 aliphatic rings. The van der Waals surface area contributed by atoms with Gasteiger partial charge in [-0.3, -0.25) is 9.59 Å². The summed E-state index contributed by atoms with van der Waals surface area (Å²) in [7, 11) is 0. The maximum atomic E-state index is 12.4. The number of aryl methyl sites for hydroxylation is 1. The van der Waals surface area contributed by atoms with E-state index in [-0.39, 0.29) is 17.7 Å². The number of pyridine rings is 1. The number of carbonyl (C=O) groups excluding carboxylic acids is 2. The van der Waals surface area contributed by atoms with Crippen molar-refractivity contribution in [2.24, 2.45) is 5.10 Å². The molecule has 1 aliphatic heterocycles. The zero-order chi connectivity index (χ0) is 22.0. The zero-order valence-electron chi connectivity index (χ0n) is 16.9. The molecule has 31 heavy (non-hydrogen) atoms. The number of hydrogen-bond donors (Lipinski definition) is 1. The van der Waals surface area contributed by atoms with Crippen LogP contribution in [-0.2, 0) is 9.53 Å². The third-order valence-corrected chi connectivity index (χ3v) is 4.89. The highest BCUT2D eigenvalue weighted by Crippen LogP contribution is 2.30. The molecule has 2 amide bonds. The van der Waals surface area contributed by atoms with Gasteiger partial charge in [-0.15, -0.1) is 5.10 Å². The van der Waals surface area contributed by atoms with E-state index >= 15 is 0 Å². The molecule has 0 saturated carbocycles. The van der Waals surface area contributed by atoms with Crippen molar-refractivity contribution in [3.8, 4) is 0 Å². The molecule has 2 aromatic carbocycles. The fraction of sp³-hybridized carbons (Fsp3) is 0.130. The number of ether oxygens (including phenoxy) is 1. The summed E-state index contributed by atoms with van der Waals surface area (Å²) in [5, 5.41) is 8.98. The number of halogens is 1. The van der Waals surface area contributed by atoms with Gasteiger partial charge in [-0.1, -0.05) is 29.8 Å². The molecule has 156 valence electrons. The lowest BCUT2D eigenvalue weighted by Crippen LogP contribution is -2.25. The third kappa shape index (κ3) is 4.57. The minimum Gasteiger partial charge on any atom is -0.445 e. The fourth-order valence-corrected chi connectivity index (χ4v) is 3.21. The molecule has 3 aromatic rings. The van der Waals surface area contributed by atoms with E-state index in [0.717, 1.165) is 5.69 Å². The summed E-state index contributed by atoms with van der Waals surface area (Å²) in [6, 6.07) is 19.2. The number of benzene rings is 2. The van der Waals surface area contributed by atoms with Crippen LogP contribution in [0.1, 0.15) is 40.5 Å². The summed E-state index contributed by atoms with van der Waals surface area (Å²) in [5.41, 5.74) is 3.20. The number of amides is 2. The van der Waals surface area contributed by atoms with Crippen molar-refractivity contribution in [3.05, 3.63) is 94.3 Å². The van der Waals surface area contributed by atoms with E-state index < -0.39 is 6.23 Å². The minimum absolute atomic E-state index is 0.247. The van der Waals surface area contributed by atoms with Crippen molar-refractivity contribution in [2.75, 3.05) is 5.32 Å². The molecule has 0 radical (unpaired) electrons. The first-order valence-corrected chi connectivity index (χ1v) is 9.94. The van der Waals surface area contributed by atoms with Crippen LogP contribution in [0, 0.1) is 6.92 Å². The Hall–Kier alpha value is -3.71. The molecular formula is C23H19ClN4O3. The maximum Gasteiger partial charge on any atom is 0.259 e. The fourth-order valence-electron chi connectivity index (χ4n) is 3.08. The summed E-state index contributed by atoms with van der Waals surface area (Å²) in [4.78, 5) is 28.9. The molecule has 4 rings (SSSR count). The summed E-state index contributed by atoms with van der Waals surface area (Å²) < 4.78 is 5.96. The van der Waals surface area contributed by atoms with Crippen molar-refractivity contribution in [1.29, 1.82) is 0 Å². The molecule has 8 heteroatoms. The Kier molecular flexibility index (Phi) is 5.68. The smallest absolute Gasteiger partial charge is 0.259 e. The van der Waals surface area contributed by atoms with E-state index in [1.54, 1.807) is 54.6 Å². The van der Waals surface area contributed by atoms with Gasteiger partial charge in [0, 0.05) is 34.5 Å². The Morgan fingerprint density at radius 2 is 1.74 bits per heavy atom. The Balaban J connectivity index is 1.51. The molecule has 0 bridgehead atoms. The lowest BCUT2D eigenvalue weighted by molar-refractivity contribution is -0.135. The molecule has 7 nitrogen and oxygen atoms in total. The van der Waals surface area contributed by atoms with Gasteiger partial charge in [-0.05, 0) is 55.5 Å². The number of hydrazone groups is 1. The van der Waals surface area contributed by atoms with Gasteiger partial charge in [-0.25, -0.2) is 4.98 Å². The minimum atomic E-state index is -0.712. The SMILES string of the molecule is CC(=O)N1N=C(c2cccc(C)n2)O[C@@H]1c1ccc(NC(=O)c2ccc(Cl)cc2)cc1. The summed E-state index contributed by atoms with van der Waals surface area (Å²) in [5.74, 6) is -0.222.